The van der Waals surface area contributed by atoms with Crippen molar-refractivity contribution in [1.29, 1.82) is 0 Å². The number of hydrogen-bond donors (Lipinski definition) is 2. The van der Waals surface area contributed by atoms with Crippen LogP contribution < -0.4 is 4.72 Å². The second-order valence-corrected chi connectivity index (χ2v) is 9.72. The Balaban J connectivity index is 0.00000199. The topological polar surface area (TPSA) is 122 Å². The molecule has 3 rings (SSSR count). The molecule has 186 valence electrons. The van der Waals surface area contributed by atoms with Gasteiger partial charge >= 0.3 is 5.97 Å². The second kappa shape index (κ2) is 12.6. The second-order valence-electron chi connectivity index (χ2n) is 7.83. The smallest absolute Gasteiger partial charge is 0.322 e. The highest BCUT2D eigenvalue weighted by atomic mass is 32.2. The van der Waals surface area contributed by atoms with E-state index < -0.39 is 27.9 Å². The number of carbonyl (C=O) groups is 1. The molecule has 1 heterocycles. The van der Waals surface area contributed by atoms with Gasteiger partial charge in [0.05, 0.1) is 10.5 Å². The number of nitrogens with one attached hydrogen (secondary N) is 1. The first-order valence-electron chi connectivity index (χ1n) is 11.4. The lowest BCUT2D eigenvalue weighted by Gasteiger charge is -2.17. The molecule has 1 atom stereocenters. The van der Waals surface area contributed by atoms with E-state index in [1.54, 1.807) is 0 Å². The van der Waals surface area contributed by atoms with Gasteiger partial charge in [0.25, 0.3) is 0 Å². The van der Waals surface area contributed by atoms with Crippen molar-refractivity contribution in [2.45, 2.75) is 71.3 Å². The molecule has 0 saturated heterocycles. The van der Waals surface area contributed by atoms with Gasteiger partial charge in [0.1, 0.15) is 11.9 Å². The predicted molar refractivity (Wildman–Crippen MR) is 128 cm³/mol. The van der Waals surface area contributed by atoms with Crippen molar-refractivity contribution in [3.63, 3.8) is 0 Å². The molecule has 0 aliphatic heterocycles. The fraction of sp³-hybridized carbons (Fsp3) is 0.458. The number of aliphatic carboxylic acids is 1. The van der Waals surface area contributed by atoms with E-state index in [9.17, 15) is 22.7 Å². The normalized spacial score (nSPS) is 15.8. The Hall–Kier alpha value is -2.85. The van der Waals surface area contributed by atoms with Gasteiger partial charge in [-0.25, -0.2) is 12.8 Å². The first-order valence-corrected chi connectivity index (χ1v) is 12.9. The Morgan fingerprint density at radius 2 is 2.00 bits per heavy atom. The number of nitrogens with zero attached hydrogens (tertiary/aromatic N) is 2. The van der Waals surface area contributed by atoms with Crippen LogP contribution in [-0.2, 0) is 21.2 Å². The van der Waals surface area contributed by atoms with Crippen LogP contribution in [0.4, 0.5) is 4.39 Å². The average molecular weight is 494 g/mol. The summed E-state index contributed by atoms with van der Waals surface area (Å²) in [6, 6.07) is 2.65. The molecule has 1 aromatic carbocycles. The predicted octanol–water partition coefficient (Wildman–Crippen LogP) is 4.95. The minimum absolute atomic E-state index is 0.0776. The summed E-state index contributed by atoms with van der Waals surface area (Å²) >= 11 is 0. The Morgan fingerprint density at radius 3 is 2.59 bits per heavy atom. The van der Waals surface area contributed by atoms with Crippen molar-refractivity contribution in [2.24, 2.45) is 0 Å². The van der Waals surface area contributed by atoms with Gasteiger partial charge in [0.15, 0.2) is 0 Å². The minimum Gasteiger partial charge on any atom is -0.480 e. The van der Waals surface area contributed by atoms with Crippen LogP contribution in [0.5, 0.6) is 0 Å². The fourth-order valence-electron chi connectivity index (χ4n) is 3.68. The van der Waals surface area contributed by atoms with Crippen LogP contribution in [0.3, 0.4) is 0 Å². The number of aromatic nitrogens is 2. The number of hydrogen-bond acceptors (Lipinski definition) is 6. The first kappa shape index (κ1) is 27.4. The number of allylic oxidation sites excluding steroid dienone is 3. The lowest BCUT2D eigenvalue weighted by molar-refractivity contribution is -0.138. The standard InChI is InChI=1S/C22H26FN3O5S.C2H6/c1-3-7-14(2)32(29,30)26-19(22(27)28)13-15-10-11-17(18(23)12-15)20-24-21(31-25-20)16-8-5-4-6-9-16;1-2/h3,7,10-12,16,19,26H,1,4-6,8-9,13H2,2H3,(H,27,28);1-2H3/b14-7+;. The van der Waals surface area contributed by atoms with Gasteiger partial charge in [-0.2, -0.15) is 9.71 Å². The quantitative estimate of drug-likeness (QED) is 0.474. The molecule has 1 saturated carbocycles. The molecule has 10 heteroatoms. The number of carboxylic acids is 1. The first-order chi connectivity index (χ1) is 16.2. The van der Waals surface area contributed by atoms with E-state index in [0.29, 0.717) is 11.5 Å². The summed E-state index contributed by atoms with van der Waals surface area (Å²) in [4.78, 5) is 15.9. The molecule has 1 unspecified atom stereocenters. The van der Waals surface area contributed by atoms with E-state index >= 15 is 0 Å². The molecule has 0 spiro atoms. The molecule has 8 nitrogen and oxygen atoms in total. The lowest BCUT2D eigenvalue weighted by atomic mass is 9.89. The van der Waals surface area contributed by atoms with Crippen molar-refractivity contribution in [3.8, 4) is 11.4 Å². The molecule has 0 radical (unpaired) electrons. The molecule has 1 aliphatic carbocycles. The number of halogens is 1. The Morgan fingerprint density at radius 1 is 1.32 bits per heavy atom. The van der Waals surface area contributed by atoms with Gasteiger partial charge in [0.2, 0.25) is 21.7 Å². The summed E-state index contributed by atoms with van der Waals surface area (Å²) < 4.78 is 46.8. The molecule has 34 heavy (non-hydrogen) atoms. The molecule has 2 N–H and O–H groups in total. The molecule has 0 bridgehead atoms. The Kier molecular flexibility index (Phi) is 10.1. The maximum Gasteiger partial charge on any atom is 0.322 e. The van der Waals surface area contributed by atoms with Crippen molar-refractivity contribution in [1.82, 2.24) is 14.9 Å². The number of sulfonamides is 1. The zero-order chi connectivity index (χ0) is 25.3. The molecule has 1 aromatic heterocycles. The number of rotatable bonds is 9. The van der Waals surface area contributed by atoms with Crippen LogP contribution in [0.15, 0.2) is 46.4 Å². The summed E-state index contributed by atoms with van der Waals surface area (Å²) in [5.74, 6) is -1.19. The average Bonchev–Trinajstić information content (AvgIpc) is 3.30. The van der Waals surface area contributed by atoms with Crippen LogP contribution in [0, 0.1) is 5.82 Å². The largest absolute Gasteiger partial charge is 0.480 e. The molecular formula is C24H32FN3O5S. The zero-order valence-corrected chi connectivity index (χ0v) is 20.6. The monoisotopic (exact) mass is 493 g/mol. The fourth-order valence-corrected chi connectivity index (χ4v) is 4.70. The van der Waals surface area contributed by atoms with Crippen LogP contribution in [-0.4, -0.2) is 35.7 Å². The van der Waals surface area contributed by atoms with E-state index in [0.717, 1.165) is 31.7 Å². The molecular weight excluding hydrogens is 461 g/mol. The lowest BCUT2D eigenvalue weighted by Crippen LogP contribution is -2.42. The summed E-state index contributed by atoms with van der Waals surface area (Å²) in [6.45, 7) is 8.75. The maximum atomic E-state index is 14.8. The summed E-state index contributed by atoms with van der Waals surface area (Å²) in [6.07, 6.45) is 7.62. The van der Waals surface area contributed by atoms with Gasteiger partial charge < -0.3 is 9.63 Å². The van der Waals surface area contributed by atoms with Crippen LogP contribution in [0.2, 0.25) is 0 Å². The van der Waals surface area contributed by atoms with Crippen molar-refractivity contribution in [3.05, 3.63) is 59.1 Å². The third-order valence-electron chi connectivity index (χ3n) is 5.48. The van der Waals surface area contributed by atoms with Crippen molar-refractivity contribution < 1.29 is 27.2 Å². The highest BCUT2D eigenvalue weighted by Gasteiger charge is 2.26. The third-order valence-corrected chi connectivity index (χ3v) is 7.06. The molecule has 1 aliphatic rings. The number of carboxylic acid groups (broad SMARTS) is 1. The zero-order valence-electron chi connectivity index (χ0n) is 19.8. The number of benzene rings is 1. The molecule has 1 fully saturated rings. The van der Waals surface area contributed by atoms with Crippen LogP contribution in [0.25, 0.3) is 11.4 Å². The Bertz CT molecular complexity index is 1120. The van der Waals surface area contributed by atoms with E-state index in [2.05, 4.69) is 21.4 Å². The summed E-state index contributed by atoms with van der Waals surface area (Å²) in [5.41, 5.74) is 0.444. The Labute approximate surface area is 200 Å². The van der Waals surface area contributed by atoms with Crippen LogP contribution in [0.1, 0.15) is 70.2 Å². The minimum atomic E-state index is -4.02. The highest BCUT2D eigenvalue weighted by molar-refractivity contribution is 7.93. The van der Waals surface area contributed by atoms with Gasteiger partial charge in [-0.3, -0.25) is 4.79 Å². The van der Waals surface area contributed by atoms with Gasteiger partial charge in [-0.05, 0) is 50.0 Å². The summed E-state index contributed by atoms with van der Waals surface area (Å²) in [7, 11) is -4.02. The van der Waals surface area contributed by atoms with Crippen molar-refractivity contribution in [2.75, 3.05) is 0 Å². The van der Waals surface area contributed by atoms with E-state index in [-0.39, 0.29) is 28.6 Å². The van der Waals surface area contributed by atoms with Crippen molar-refractivity contribution >= 4 is 16.0 Å². The SMILES string of the molecule is C=C/C=C(\C)S(=O)(=O)NC(Cc1ccc(-c2noc(C3CCCCC3)n2)c(F)c1)C(=O)O.CC. The summed E-state index contributed by atoms with van der Waals surface area (Å²) in [5, 5.41) is 13.3. The molecule has 2 aromatic rings. The highest BCUT2D eigenvalue weighted by Crippen LogP contribution is 2.33. The van der Waals surface area contributed by atoms with Crippen LogP contribution >= 0.6 is 0 Å². The van der Waals surface area contributed by atoms with E-state index in [1.165, 1.54) is 37.6 Å². The van der Waals surface area contributed by atoms with Gasteiger partial charge in [-0.1, -0.05) is 57.0 Å². The van der Waals surface area contributed by atoms with Gasteiger partial charge in [0, 0.05) is 5.92 Å². The third kappa shape index (κ3) is 7.07. The van der Waals surface area contributed by atoms with Gasteiger partial charge in [-0.15, -0.1) is 0 Å². The molecule has 0 amide bonds. The van der Waals surface area contributed by atoms with E-state index in [4.69, 9.17) is 4.52 Å². The van der Waals surface area contributed by atoms with E-state index in [1.807, 2.05) is 13.8 Å². The maximum absolute atomic E-state index is 14.8.